The Kier molecular flexibility index (Phi) is 4.73. The van der Waals surface area contributed by atoms with Gasteiger partial charge in [-0.2, -0.15) is 0 Å². The zero-order valence-electron chi connectivity index (χ0n) is 9.08. The molecular formula is C10H20N2O2. The average molecular weight is 200 g/mol. The van der Waals surface area contributed by atoms with Crippen LogP contribution in [0.15, 0.2) is 0 Å². The molecule has 0 aromatic rings. The van der Waals surface area contributed by atoms with Gasteiger partial charge in [0.2, 0.25) is 0 Å². The first-order valence-electron chi connectivity index (χ1n) is 5.38. The van der Waals surface area contributed by atoms with Crippen molar-refractivity contribution < 1.29 is 9.53 Å². The number of ether oxygens (including phenoxy) is 1. The number of hydrogen-bond donors (Lipinski definition) is 1. The lowest BCUT2D eigenvalue weighted by Gasteiger charge is -2.20. The highest BCUT2D eigenvalue weighted by molar-refractivity contribution is 5.67. The molecule has 4 heteroatoms. The Hall–Kier alpha value is -0.770. The van der Waals surface area contributed by atoms with Gasteiger partial charge in [0, 0.05) is 12.6 Å². The van der Waals surface area contributed by atoms with Gasteiger partial charge in [-0.3, -0.25) is 0 Å². The molecule has 1 heterocycles. The number of carbonyl (C=O) groups is 1. The smallest absolute Gasteiger partial charge is 0.407 e. The third-order valence-electron chi connectivity index (χ3n) is 2.37. The molecule has 0 aromatic heterocycles. The van der Waals surface area contributed by atoms with E-state index in [-0.39, 0.29) is 12.1 Å². The summed E-state index contributed by atoms with van der Waals surface area (Å²) in [5.74, 6) is 0. The fraction of sp³-hybridized carbons (Fsp3) is 0.900. The van der Waals surface area contributed by atoms with E-state index in [0.717, 1.165) is 19.6 Å². The molecule has 1 rings (SSSR count). The van der Waals surface area contributed by atoms with Crippen molar-refractivity contribution in [2.45, 2.75) is 32.7 Å². The van der Waals surface area contributed by atoms with Crippen molar-refractivity contribution in [3.8, 4) is 0 Å². The zero-order valence-corrected chi connectivity index (χ0v) is 9.08. The normalized spacial score (nSPS) is 19.3. The van der Waals surface area contributed by atoms with Crippen LogP contribution < -0.4 is 5.32 Å². The minimum absolute atomic E-state index is 0.173. The fourth-order valence-electron chi connectivity index (χ4n) is 1.77. The molecule has 0 aromatic carbocycles. The maximum Gasteiger partial charge on any atom is 0.407 e. The highest BCUT2D eigenvalue weighted by Gasteiger charge is 2.15. The third kappa shape index (κ3) is 3.96. The van der Waals surface area contributed by atoms with Gasteiger partial charge in [0.05, 0.1) is 6.61 Å². The molecule has 1 atom stereocenters. The summed E-state index contributed by atoms with van der Waals surface area (Å²) in [5.41, 5.74) is 0. The minimum atomic E-state index is -0.306. The first kappa shape index (κ1) is 11.3. The standard InChI is InChI=1S/C10H20N2O2/c1-3-14-10(13)11-9(2)8-12-6-4-5-7-12/h9H,3-8H2,1-2H3,(H,11,13). The van der Waals surface area contributed by atoms with Crippen molar-refractivity contribution in [3.05, 3.63) is 0 Å². The van der Waals surface area contributed by atoms with E-state index in [1.807, 2.05) is 13.8 Å². The summed E-state index contributed by atoms with van der Waals surface area (Å²) < 4.78 is 4.81. The van der Waals surface area contributed by atoms with E-state index in [9.17, 15) is 4.79 Å². The van der Waals surface area contributed by atoms with Crippen LogP contribution in [0.2, 0.25) is 0 Å². The Bertz CT molecular complexity index is 179. The molecule has 1 aliphatic rings. The summed E-state index contributed by atoms with van der Waals surface area (Å²) >= 11 is 0. The van der Waals surface area contributed by atoms with Crippen LogP contribution in [0.1, 0.15) is 26.7 Å². The SMILES string of the molecule is CCOC(=O)NC(C)CN1CCCC1. The molecule has 0 aliphatic carbocycles. The Morgan fingerprint density at radius 3 is 2.71 bits per heavy atom. The van der Waals surface area contributed by atoms with Gasteiger partial charge in [-0.05, 0) is 39.8 Å². The molecule has 14 heavy (non-hydrogen) atoms. The number of nitrogens with one attached hydrogen (secondary N) is 1. The molecule has 1 unspecified atom stereocenters. The summed E-state index contributed by atoms with van der Waals surface area (Å²) in [5, 5.41) is 2.80. The lowest BCUT2D eigenvalue weighted by atomic mass is 10.3. The predicted molar refractivity (Wildman–Crippen MR) is 55.3 cm³/mol. The number of alkyl carbamates (subject to hydrolysis) is 1. The minimum Gasteiger partial charge on any atom is -0.450 e. The van der Waals surface area contributed by atoms with E-state index in [0.29, 0.717) is 6.61 Å². The number of rotatable bonds is 4. The van der Waals surface area contributed by atoms with E-state index in [1.54, 1.807) is 0 Å². The Morgan fingerprint density at radius 1 is 1.50 bits per heavy atom. The maximum absolute atomic E-state index is 11.1. The highest BCUT2D eigenvalue weighted by Crippen LogP contribution is 2.07. The topological polar surface area (TPSA) is 41.6 Å². The summed E-state index contributed by atoms with van der Waals surface area (Å²) in [6.07, 6.45) is 2.26. The molecule has 1 saturated heterocycles. The Morgan fingerprint density at radius 2 is 2.14 bits per heavy atom. The highest BCUT2D eigenvalue weighted by atomic mass is 16.5. The van der Waals surface area contributed by atoms with E-state index in [4.69, 9.17) is 4.74 Å². The molecule has 0 saturated carbocycles. The lowest BCUT2D eigenvalue weighted by Crippen LogP contribution is -2.41. The van der Waals surface area contributed by atoms with Crippen LogP contribution >= 0.6 is 0 Å². The van der Waals surface area contributed by atoms with Gasteiger partial charge in [0.1, 0.15) is 0 Å². The van der Waals surface area contributed by atoms with Crippen LogP contribution in [0.5, 0.6) is 0 Å². The van der Waals surface area contributed by atoms with E-state index >= 15 is 0 Å². The van der Waals surface area contributed by atoms with Crippen LogP contribution in [0.4, 0.5) is 4.79 Å². The number of likely N-dealkylation sites (tertiary alicyclic amines) is 1. The second kappa shape index (κ2) is 5.86. The van der Waals surface area contributed by atoms with Gasteiger partial charge in [0.15, 0.2) is 0 Å². The van der Waals surface area contributed by atoms with Crippen molar-refractivity contribution in [2.75, 3.05) is 26.2 Å². The summed E-state index contributed by atoms with van der Waals surface area (Å²) in [6.45, 7) is 7.50. The molecule has 0 radical (unpaired) electrons. The summed E-state index contributed by atoms with van der Waals surface area (Å²) in [4.78, 5) is 13.4. The van der Waals surface area contributed by atoms with Gasteiger partial charge >= 0.3 is 6.09 Å². The largest absolute Gasteiger partial charge is 0.450 e. The van der Waals surface area contributed by atoms with Crippen LogP contribution in [-0.4, -0.2) is 43.3 Å². The molecule has 0 spiro atoms. The van der Waals surface area contributed by atoms with E-state index in [2.05, 4.69) is 10.2 Å². The summed E-state index contributed by atoms with van der Waals surface area (Å²) in [7, 11) is 0. The van der Waals surface area contributed by atoms with E-state index in [1.165, 1.54) is 12.8 Å². The quantitative estimate of drug-likeness (QED) is 0.742. The average Bonchev–Trinajstić information content (AvgIpc) is 2.56. The lowest BCUT2D eigenvalue weighted by molar-refractivity contribution is 0.146. The maximum atomic E-state index is 11.1. The van der Waals surface area contributed by atoms with Crippen molar-refractivity contribution in [1.82, 2.24) is 10.2 Å². The molecule has 1 N–H and O–H groups in total. The predicted octanol–water partition coefficient (Wildman–Crippen LogP) is 1.22. The Balaban J connectivity index is 2.14. The van der Waals surface area contributed by atoms with Crippen LogP contribution in [0.25, 0.3) is 0 Å². The van der Waals surface area contributed by atoms with Crippen LogP contribution in [-0.2, 0) is 4.74 Å². The second-order valence-electron chi connectivity index (χ2n) is 3.77. The number of hydrogen-bond acceptors (Lipinski definition) is 3. The van der Waals surface area contributed by atoms with Crippen molar-refractivity contribution >= 4 is 6.09 Å². The zero-order chi connectivity index (χ0) is 10.4. The fourth-order valence-corrected chi connectivity index (χ4v) is 1.77. The summed E-state index contributed by atoms with van der Waals surface area (Å²) in [6, 6.07) is 0.173. The molecular weight excluding hydrogens is 180 g/mol. The van der Waals surface area contributed by atoms with Crippen LogP contribution in [0.3, 0.4) is 0 Å². The number of amides is 1. The first-order valence-corrected chi connectivity index (χ1v) is 5.38. The van der Waals surface area contributed by atoms with E-state index < -0.39 is 0 Å². The van der Waals surface area contributed by atoms with Gasteiger partial charge < -0.3 is 15.0 Å². The molecule has 1 aliphatic heterocycles. The van der Waals surface area contributed by atoms with Crippen molar-refractivity contribution in [3.63, 3.8) is 0 Å². The molecule has 4 nitrogen and oxygen atoms in total. The van der Waals surface area contributed by atoms with Gasteiger partial charge in [0.25, 0.3) is 0 Å². The van der Waals surface area contributed by atoms with Gasteiger partial charge in [-0.15, -0.1) is 0 Å². The second-order valence-corrected chi connectivity index (χ2v) is 3.77. The first-order chi connectivity index (χ1) is 6.72. The van der Waals surface area contributed by atoms with Crippen LogP contribution in [0, 0.1) is 0 Å². The Labute approximate surface area is 85.6 Å². The van der Waals surface area contributed by atoms with Gasteiger partial charge in [-0.1, -0.05) is 0 Å². The molecule has 1 amide bonds. The van der Waals surface area contributed by atoms with Gasteiger partial charge in [-0.25, -0.2) is 4.79 Å². The molecule has 1 fully saturated rings. The van der Waals surface area contributed by atoms with Crippen molar-refractivity contribution in [2.24, 2.45) is 0 Å². The molecule has 0 bridgehead atoms. The number of nitrogens with zero attached hydrogens (tertiary/aromatic N) is 1. The third-order valence-corrected chi connectivity index (χ3v) is 2.37. The van der Waals surface area contributed by atoms with Crippen molar-refractivity contribution in [1.29, 1.82) is 0 Å². The number of carbonyl (C=O) groups excluding carboxylic acids is 1. The molecule has 82 valence electrons. The monoisotopic (exact) mass is 200 g/mol.